The molecule has 0 unspecified atom stereocenters. The van der Waals surface area contributed by atoms with Gasteiger partial charge in [-0.05, 0) is 24.9 Å². The molecule has 0 saturated carbocycles. The molecule has 0 aromatic carbocycles. The molecule has 1 heterocycles. The fraction of sp³-hybridized carbons (Fsp3) is 0.600. The van der Waals surface area contributed by atoms with E-state index in [0.717, 1.165) is 12.4 Å². The summed E-state index contributed by atoms with van der Waals surface area (Å²) in [7, 11) is 0. The van der Waals surface area contributed by atoms with Crippen LogP contribution < -0.4 is 11.1 Å². The van der Waals surface area contributed by atoms with Crippen LogP contribution in [-0.2, 0) is 0 Å². The van der Waals surface area contributed by atoms with Gasteiger partial charge in [0.1, 0.15) is 18.0 Å². The van der Waals surface area contributed by atoms with Crippen molar-refractivity contribution in [1.29, 1.82) is 0 Å². The lowest BCUT2D eigenvalue weighted by Crippen LogP contribution is -2.04. The molecular weight excluding hydrogens is 208 g/mol. The Balaban J connectivity index is 2.10. The molecule has 3 N–H and O–H groups in total. The summed E-state index contributed by atoms with van der Waals surface area (Å²) in [6, 6.07) is 1.75. The monoisotopic (exact) mass is 226 g/mol. The molecule has 84 valence electrons. The molecule has 4 nitrogen and oxygen atoms in total. The highest BCUT2D eigenvalue weighted by Crippen LogP contribution is 2.06. The Bertz CT molecular complexity index is 280. The SMILES string of the molecule is CSCCCCCNc1cc(N)ncn1. The Morgan fingerprint density at radius 1 is 1.33 bits per heavy atom. The van der Waals surface area contributed by atoms with Crippen molar-refractivity contribution in [1.82, 2.24) is 9.97 Å². The highest BCUT2D eigenvalue weighted by atomic mass is 32.2. The van der Waals surface area contributed by atoms with Crippen molar-refractivity contribution in [3.05, 3.63) is 12.4 Å². The molecule has 0 aliphatic rings. The fourth-order valence-corrected chi connectivity index (χ4v) is 1.73. The van der Waals surface area contributed by atoms with Gasteiger partial charge in [-0.25, -0.2) is 9.97 Å². The van der Waals surface area contributed by atoms with Gasteiger partial charge in [0.05, 0.1) is 0 Å². The standard InChI is InChI=1S/C10H18N4S/c1-15-6-4-2-3-5-12-10-7-9(11)13-8-14-10/h7-8H,2-6H2,1H3,(H3,11,12,13,14). The van der Waals surface area contributed by atoms with Crippen molar-refractivity contribution in [2.75, 3.05) is 29.6 Å². The maximum Gasteiger partial charge on any atom is 0.131 e. The molecule has 0 aliphatic carbocycles. The zero-order valence-corrected chi connectivity index (χ0v) is 9.89. The van der Waals surface area contributed by atoms with Crippen molar-refractivity contribution in [2.45, 2.75) is 19.3 Å². The fourth-order valence-electron chi connectivity index (χ4n) is 1.23. The molecule has 5 heteroatoms. The summed E-state index contributed by atoms with van der Waals surface area (Å²) < 4.78 is 0. The summed E-state index contributed by atoms with van der Waals surface area (Å²) in [5.41, 5.74) is 5.53. The number of unbranched alkanes of at least 4 members (excludes halogenated alkanes) is 2. The van der Waals surface area contributed by atoms with E-state index in [0.29, 0.717) is 5.82 Å². The van der Waals surface area contributed by atoms with E-state index < -0.39 is 0 Å². The molecule has 0 atom stereocenters. The average molecular weight is 226 g/mol. The number of thioether (sulfide) groups is 1. The first kappa shape index (κ1) is 12.1. The first-order valence-corrected chi connectivity index (χ1v) is 6.52. The number of aromatic nitrogens is 2. The number of rotatable bonds is 7. The number of nitrogen functional groups attached to an aromatic ring is 1. The average Bonchev–Trinajstić information content (AvgIpc) is 2.23. The van der Waals surface area contributed by atoms with Crippen LogP contribution in [0.4, 0.5) is 11.6 Å². The number of hydrogen-bond donors (Lipinski definition) is 2. The molecule has 0 radical (unpaired) electrons. The van der Waals surface area contributed by atoms with Crippen LogP contribution in [0.15, 0.2) is 12.4 Å². The maximum atomic E-state index is 5.53. The second kappa shape index (κ2) is 7.34. The second-order valence-corrected chi connectivity index (χ2v) is 4.29. The van der Waals surface area contributed by atoms with Crippen LogP contribution in [0.5, 0.6) is 0 Å². The van der Waals surface area contributed by atoms with Crippen LogP contribution in [0.1, 0.15) is 19.3 Å². The quantitative estimate of drug-likeness (QED) is 0.696. The van der Waals surface area contributed by atoms with Crippen molar-refractivity contribution in [3.8, 4) is 0 Å². The van der Waals surface area contributed by atoms with Crippen LogP contribution >= 0.6 is 11.8 Å². The zero-order chi connectivity index (χ0) is 10.9. The first-order valence-electron chi connectivity index (χ1n) is 5.13. The van der Waals surface area contributed by atoms with E-state index >= 15 is 0 Å². The van der Waals surface area contributed by atoms with Crippen molar-refractivity contribution < 1.29 is 0 Å². The van der Waals surface area contributed by atoms with Gasteiger partial charge >= 0.3 is 0 Å². The van der Waals surface area contributed by atoms with Gasteiger partial charge < -0.3 is 11.1 Å². The molecule has 0 spiro atoms. The summed E-state index contributed by atoms with van der Waals surface area (Å²) >= 11 is 1.90. The Kier molecular flexibility index (Phi) is 5.92. The third-order valence-corrected chi connectivity index (χ3v) is 2.72. The van der Waals surface area contributed by atoms with E-state index in [9.17, 15) is 0 Å². The van der Waals surface area contributed by atoms with Crippen LogP contribution in [0.25, 0.3) is 0 Å². The summed E-state index contributed by atoms with van der Waals surface area (Å²) in [6.07, 6.45) is 7.33. The Hall–Kier alpha value is -0.970. The molecule has 0 saturated heterocycles. The normalized spacial score (nSPS) is 10.2. The van der Waals surface area contributed by atoms with E-state index in [4.69, 9.17) is 5.73 Å². The summed E-state index contributed by atoms with van der Waals surface area (Å²) in [5.74, 6) is 2.57. The molecule has 1 aromatic heterocycles. The smallest absolute Gasteiger partial charge is 0.131 e. The van der Waals surface area contributed by atoms with Crippen LogP contribution in [0.2, 0.25) is 0 Å². The Labute approximate surface area is 95.1 Å². The van der Waals surface area contributed by atoms with E-state index in [1.54, 1.807) is 6.07 Å². The van der Waals surface area contributed by atoms with E-state index in [-0.39, 0.29) is 0 Å². The van der Waals surface area contributed by atoms with Gasteiger partial charge in [0.2, 0.25) is 0 Å². The summed E-state index contributed by atoms with van der Waals surface area (Å²) in [6.45, 7) is 0.949. The van der Waals surface area contributed by atoms with Gasteiger partial charge in [0.15, 0.2) is 0 Å². The zero-order valence-electron chi connectivity index (χ0n) is 9.07. The minimum absolute atomic E-state index is 0.509. The van der Waals surface area contributed by atoms with Gasteiger partial charge in [-0.3, -0.25) is 0 Å². The lowest BCUT2D eigenvalue weighted by Gasteiger charge is -2.04. The lowest BCUT2D eigenvalue weighted by molar-refractivity contribution is 0.748. The third kappa shape index (κ3) is 5.47. The number of nitrogens with two attached hydrogens (primary N) is 1. The molecule has 0 fully saturated rings. The van der Waals surface area contributed by atoms with Crippen LogP contribution in [0.3, 0.4) is 0 Å². The number of anilines is 2. The minimum atomic E-state index is 0.509. The molecule has 1 aromatic rings. The van der Waals surface area contributed by atoms with E-state index in [1.807, 2.05) is 11.8 Å². The summed E-state index contributed by atoms with van der Waals surface area (Å²) in [5, 5.41) is 3.22. The van der Waals surface area contributed by atoms with Crippen molar-refractivity contribution >= 4 is 23.4 Å². The highest BCUT2D eigenvalue weighted by molar-refractivity contribution is 7.98. The largest absolute Gasteiger partial charge is 0.384 e. The molecular formula is C10H18N4S. The van der Waals surface area contributed by atoms with E-state index in [1.165, 1.54) is 31.3 Å². The van der Waals surface area contributed by atoms with Gasteiger partial charge in [-0.15, -0.1) is 0 Å². The summed E-state index contributed by atoms with van der Waals surface area (Å²) in [4.78, 5) is 7.90. The van der Waals surface area contributed by atoms with Gasteiger partial charge in [0.25, 0.3) is 0 Å². The third-order valence-electron chi connectivity index (χ3n) is 2.02. The lowest BCUT2D eigenvalue weighted by atomic mass is 10.2. The van der Waals surface area contributed by atoms with Crippen molar-refractivity contribution in [3.63, 3.8) is 0 Å². The Morgan fingerprint density at radius 2 is 2.20 bits per heavy atom. The molecule has 1 rings (SSSR count). The molecule has 15 heavy (non-hydrogen) atoms. The van der Waals surface area contributed by atoms with Crippen LogP contribution in [-0.4, -0.2) is 28.5 Å². The predicted molar refractivity (Wildman–Crippen MR) is 67.2 cm³/mol. The first-order chi connectivity index (χ1) is 7.33. The number of hydrogen-bond acceptors (Lipinski definition) is 5. The van der Waals surface area contributed by atoms with Gasteiger partial charge in [-0.2, -0.15) is 11.8 Å². The maximum absolute atomic E-state index is 5.53. The minimum Gasteiger partial charge on any atom is -0.384 e. The van der Waals surface area contributed by atoms with E-state index in [2.05, 4.69) is 21.5 Å². The molecule has 0 aliphatic heterocycles. The Morgan fingerprint density at radius 3 is 2.93 bits per heavy atom. The topological polar surface area (TPSA) is 63.8 Å². The molecule has 0 amide bonds. The van der Waals surface area contributed by atoms with Gasteiger partial charge in [0, 0.05) is 12.6 Å². The second-order valence-electron chi connectivity index (χ2n) is 3.31. The predicted octanol–water partition coefficient (Wildman–Crippen LogP) is 2.00. The number of nitrogens with zero attached hydrogens (tertiary/aromatic N) is 2. The van der Waals surface area contributed by atoms with Crippen molar-refractivity contribution in [2.24, 2.45) is 0 Å². The molecule has 0 bridgehead atoms. The number of nitrogens with one attached hydrogen (secondary N) is 1. The van der Waals surface area contributed by atoms with Crippen LogP contribution in [0, 0.1) is 0 Å². The highest BCUT2D eigenvalue weighted by Gasteiger charge is 1.94. The van der Waals surface area contributed by atoms with Gasteiger partial charge in [-0.1, -0.05) is 6.42 Å².